The van der Waals surface area contributed by atoms with Crippen molar-refractivity contribution in [3.05, 3.63) is 12.2 Å². The van der Waals surface area contributed by atoms with E-state index in [0.29, 0.717) is 13.0 Å². The van der Waals surface area contributed by atoms with Gasteiger partial charge in [0.1, 0.15) is 0 Å². The summed E-state index contributed by atoms with van der Waals surface area (Å²) in [5, 5.41) is 0. The number of likely N-dealkylation sites (tertiary alicyclic amines) is 1. The summed E-state index contributed by atoms with van der Waals surface area (Å²) in [7, 11) is 0. The van der Waals surface area contributed by atoms with E-state index in [4.69, 9.17) is 4.74 Å². The lowest BCUT2D eigenvalue weighted by Crippen LogP contribution is -2.32. The molecule has 4 nitrogen and oxygen atoms in total. The van der Waals surface area contributed by atoms with Crippen LogP contribution in [0.3, 0.4) is 0 Å². The first kappa shape index (κ1) is 13.7. The zero-order valence-electron chi connectivity index (χ0n) is 10.6. The Balaban J connectivity index is 2.30. The van der Waals surface area contributed by atoms with Crippen LogP contribution in [-0.2, 0) is 14.3 Å². The van der Waals surface area contributed by atoms with E-state index in [-0.39, 0.29) is 17.8 Å². The first-order valence-electron chi connectivity index (χ1n) is 6.27. The van der Waals surface area contributed by atoms with Crippen molar-refractivity contribution in [1.29, 1.82) is 0 Å². The van der Waals surface area contributed by atoms with E-state index in [2.05, 4.69) is 0 Å². The predicted molar refractivity (Wildman–Crippen MR) is 65.4 cm³/mol. The van der Waals surface area contributed by atoms with Crippen LogP contribution in [0.25, 0.3) is 0 Å². The summed E-state index contributed by atoms with van der Waals surface area (Å²) in [4.78, 5) is 24.9. The van der Waals surface area contributed by atoms with Gasteiger partial charge >= 0.3 is 5.97 Å². The van der Waals surface area contributed by atoms with E-state index in [1.54, 1.807) is 13.0 Å². The molecule has 0 N–H and O–H groups in total. The molecule has 0 bridgehead atoms. The van der Waals surface area contributed by atoms with Crippen molar-refractivity contribution in [2.24, 2.45) is 5.92 Å². The molecule has 1 aliphatic heterocycles. The topological polar surface area (TPSA) is 46.6 Å². The Morgan fingerprint density at radius 2 is 2.00 bits per heavy atom. The fourth-order valence-electron chi connectivity index (χ4n) is 1.91. The number of nitrogens with zero attached hydrogens (tertiary/aromatic N) is 1. The number of esters is 1. The van der Waals surface area contributed by atoms with Gasteiger partial charge in [0.25, 0.3) is 0 Å². The highest BCUT2D eigenvalue weighted by molar-refractivity contribution is 5.82. The van der Waals surface area contributed by atoms with Gasteiger partial charge in [-0.1, -0.05) is 13.0 Å². The van der Waals surface area contributed by atoms with Gasteiger partial charge in [-0.3, -0.25) is 4.79 Å². The molecule has 0 aromatic heterocycles. The van der Waals surface area contributed by atoms with Crippen LogP contribution in [0.15, 0.2) is 12.2 Å². The predicted octanol–water partition coefficient (Wildman–Crippen LogP) is 1.75. The van der Waals surface area contributed by atoms with Crippen molar-refractivity contribution in [3.63, 3.8) is 0 Å². The van der Waals surface area contributed by atoms with Gasteiger partial charge < -0.3 is 9.64 Å². The quantitative estimate of drug-likeness (QED) is 0.542. The molecule has 1 aliphatic rings. The monoisotopic (exact) mass is 239 g/mol. The van der Waals surface area contributed by atoms with Crippen LogP contribution < -0.4 is 0 Å². The molecule has 96 valence electrons. The third kappa shape index (κ3) is 4.59. The average Bonchev–Trinajstić information content (AvgIpc) is 2.81. The highest BCUT2D eigenvalue weighted by Gasteiger charge is 2.22. The molecule has 4 heteroatoms. The van der Waals surface area contributed by atoms with Gasteiger partial charge in [-0.25, -0.2) is 4.79 Å². The molecule has 1 atom stereocenters. The van der Waals surface area contributed by atoms with Crippen molar-refractivity contribution < 1.29 is 14.3 Å². The van der Waals surface area contributed by atoms with Crippen molar-refractivity contribution in [2.75, 3.05) is 19.7 Å². The van der Waals surface area contributed by atoms with E-state index >= 15 is 0 Å². The van der Waals surface area contributed by atoms with Crippen LogP contribution in [-0.4, -0.2) is 36.5 Å². The second-order valence-electron chi connectivity index (χ2n) is 4.32. The largest absolute Gasteiger partial charge is 0.463 e. The molecular weight excluding hydrogens is 218 g/mol. The fourth-order valence-corrected chi connectivity index (χ4v) is 1.91. The maximum Gasteiger partial charge on any atom is 0.330 e. The standard InChI is InChI=1S/C13H21NO3/c1-3-17-12(15)8-6-7-11(2)13(16)14-9-4-5-10-14/h6,8,11H,3-5,7,9-10H2,1-2H3/b8-6+. The van der Waals surface area contributed by atoms with Crippen LogP contribution in [0.1, 0.15) is 33.1 Å². The van der Waals surface area contributed by atoms with Crippen LogP contribution in [0.2, 0.25) is 0 Å². The second-order valence-corrected chi connectivity index (χ2v) is 4.32. The maximum atomic E-state index is 11.9. The molecule has 1 fully saturated rings. The zero-order chi connectivity index (χ0) is 12.7. The first-order valence-corrected chi connectivity index (χ1v) is 6.27. The summed E-state index contributed by atoms with van der Waals surface area (Å²) >= 11 is 0. The van der Waals surface area contributed by atoms with Crippen LogP contribution >= 0.6 is 0 Å². The highest BCUT2D eigenvalue weighted by atomic mass is 16.5. The molecule has 1 saturated heterocycles. The number of allylic oxidation sites excluding steroid dienone is 1. The SMILES string of the molecule is CCOC(=O)/C=C/CC(C)C(=O)N1CCCC1. The van der Waals surface area contributed by atoms with Gasteiger partial charge in [-0.2, -0.15) is 0 Å². The third-order valence-corrected chi connectivity index (χ3v) is 2.87. The van der Waals surface area contributed by atoms with Gasteiger partial charge in [0.2, 0.25) is 5.91 Å². The molecule has 0 spiro atoms. The van der Waals surface area contributed by atoms with E-state index in [0.717, 1.165) is 25.9 Å². The smallest absolute Gasteiger partial charge is 0.330 e. The molecule has 0 aromatic carbocycles. The second kappa shape index (κ2) is 7.09. The minimum atomic E-state index is -0.340. The van der Waals surface area contributed by atoms with E-state index in [9.17, 15) is 9.59 Å². The Labute approximate surface area is 103 Å². The molecule has 0 radical (unpaired) electrons. The molecule has 1 unspecified atom stereocenters. The number of carbonyl (C=O) groups is 2. The summed E-state index contributed by atoms with van der Waals surface area (Å²) in [6, 6.07) is 0. The molecule has 1 heterocycles. The minimum Gasteiger partial charge on any atom is -0.463 e. The maximum absolute atomic E-state index is 11.9. The van der Waals surface area contributed by atoms with Gasteiger partial charge in [-0.05, 0) is 26.2 Å². The molecule has 0 saturated carbocycles. The molecular formula is C13H21NO3. The molecule has 1 amide bonds. The van der Waals surface area contributed by atoms with Gasteiger partial charge in [-0.15, -0.1) is 0 Å². The average molecular weight is 239 g/mol. The first-order chi connectivity index (χ1) is 8.15. The number of carbonyl (C=O) groups excluding carboxylic acids is 2. The highest BCUT2D eigenvalue weighted by Crippen LogP contribution is 2.14. The van der Waals surface area contributed by atoms with E-state index < -0.39 is 0 Å². The summed E-state index contributed by atoms with van der Waals surface area (Å²) in [6.45, 7) is 5.81. The number of ether oxygens (including phenoxy) is 1. The minimum absolute atomic E-state index is 0.0567. The van der Waals surface area contributed by atoms with Gasteiger partial charge in [0.05, 0.1) is 6.61 Å². The Morgan fingerprint density at radius 3 is 2.59 bits per heavy atom. The van der Waals surface area contributed by atoms with E-state index in [1.807, 2.05) is 11.8 Å². The summed E-state index contributed by atoms with van der Waals surface area (Å²) in [6.07, 6.45) is 5.93. The Bertz CT molecular complexity index is 293. The number of amides is 1. The normalized spacial score (nSPS) is 17.4. The van der Waals surface area contributed by atoms with Crippen molar-refractivity contribution in [3.8, 4) is 0 Å². The Hall–Kier alpha value is -1.32. The van der Waals surface area contributed by atoms with Crippen molar-refractivity contribution >= 4 is 11.9 Å². The molecule has 0 aliphatic carbocycles. The van der Waals surface area contributed by atoms with Crippen LogP contribution in [0.4, 0.5) is 0 Å². The van der Waals surface area contributed by atoms with Crippen molar-refractivity contribution in [1.82, 2.24) is 4.90 Å². The number of rotatable bonds is 5. The lowest BCUT2D eigenvalue weighted by molar-refractivity contribution is -0.137. The van der Waals surface area contributed by atoms with E-state index in [1.165, 1.54) is 6.08 Å². The summed E-state index contributed by atoms with van der Waals surface area (Å²) < 4.78 is 4.76. The number of hydrogen-bond acceptors (Lipinski definition) is 3. The summed E-state index contributed by atoms with van der Waals surface area (Å²) in [5.41, 5.74) is 0. The van der Waals surface area contributed by atoms with Crippen molar-refractivity contribution in [2.45, 2.75) is 33.1 Å². The lowest BCUT2D eigenvalue weighted by atomic mass is 10.1. The van der Waals surface area contributed by atoms with Crippen LogP contribution in [0, 0.1) is 5.92 Å². The van der Waals surface area contributed by atoms with Gasteiger partial charge in [0.15, 0.2) is 0 Å². The molecule has 1 rings (SSSR count). The third-order valence-electron chi connectivity index (χ3n) is 2.87. The number of hydrogen-bond donors (Lipinski definition) is 0. The zero-order valence-corrected chi connectivity index (χ0v) is 10.6. The molecule has 17 heavy (non-hydrogen) atoms. The summed E-state index contributed by atoms with van der Waals surface area (Å²) in [5.74, 6) is -0.205. The Kier molecular flexibility index (Phi) is 5.73. The van der Waals surface area contributed by atoms with Gasteiger partial charge in [0, 0.05) is 25.1 Å². The molecule has 0 aromatic rings. The Morgan fingerprint density at radius 1 is 1.35 bits per heavy atom. The lowest BCUT2D eigenvalue weighted by Gasteiger charge is -2.19. The fraction of sp³-hybridized carbons (Fsp3) is 0.692. The van der Waals surface area contributed by atoms with Crippen LogP contribution in [0.5, 0.6) is 0 Å².